The zero-order chi connectivity index (χ0) is 17.5. The molecule has 3 heterocycles. The predicted molar refractivity (Wildman–Crippen MR) is 83.1 cm³/mol. The van der Waals surface area contributed by atoms with Crippen molar-refractivity contribution in [1.82, 2.24) is 4.90 Å². The molecule has 3 aliphatic rings. The van der Waals surface area contributed by atoms with Gasteiger partial charge >= 0.3 is 0 Å². The van der Waals surface area contributed by atoms with Crippen LogP contribution in [0.5, 0.6) is 0 Å². The molecule has 0 saturated carbocycles. The van der Waals surface area contributed by atoms with Gasteiger partial charge in [-0.25, -0.2) is 0 Å². The van der Waals surface area contributed by atoms with Gasteiger partial charge in [0, 0.05) is 13.1 Å². The molecule has 0 bridgehead atoms. The second-order valence-corrected chi connectivity index (χ2v) is 7.41. The van der Waals surface area contributed by atoms with Gasteiger partial charge in [-0.1, -0.05) is 0 Å². The van der Waals surface area contributed by atoms with Crippen molar-refractivity contribution in [1.29, 1.82) is 0 Å². The van der Waals surface area contributed by atoms with Gasteiger partial charge in [-0.15, -0.1) is 0 Å². The van der Waals surface area contributed by atoms with Crippen LogP contribution in [0.25, 0.3) is 0 Å². The Kier molecular flexibility index (Phi) is 5.21. The number of aliphatic hydroxyl groups is 2. The topological polar surface area (TPSA) is 89.9 Å². The molecular formula is C16H29NO7. The van der Waals surface area contributed by atoms with E-state index in [1.807, 2.05) is 32.6 Å². The van der Waals surface area contributed by atoms with Gasteiger partial charge in [-0.2, -0.15) is 0 Å². The summed E-state index contributed by atoms with van der Waals surface area (Å²) in [6.45, 7) is 8.65. The van der Waals surface area contributed by atoms with E-state index in [-0.39, 0.29) is 37.6 Å². The molecule has 0 aromatic heterocycles. The Morgan fingerprint density at radius 3 is 2.12 bits per heavy atom. The molecule has 3 fully saturated rings. The second kappa shape index (κ2) is 6.77. The SMILES string of the molecule is CC1(C)OCC(C2OC3OC(C)(C)OC3C2N(CCO)CCO)O1. The quantitative estimate of drug-likeness (QED) is 0.675. The summed E-state index contributed by atoms with van der Waals surface area (Å²) in [5.41, 5.74) is 0. The highest BCUT2D eigenvalue weighted by molar-refractivity contribution is 5.02. The van der Waals surface area contributed by atoms with Crippen LogP contribution < -0.4 is 0 Å². The van der Waals surface area contributed by atoms with Crippen molar-refractivity contribution in [2.24, 2.45) is 0 Å². The highest BCUT2D eigenvalue weighted by Gasteiger charge is 2.59. The molecule has 0 aliphatic carbocycles. The lowest BCUT2D eigenvalue weighted by atomic mass is 10.0. The van der Waals surface area contributed by atoms with Crippen LogP contribution in [0.3, 0.4) is 0 Å². The Hall–Kier alpha value is -0.320. The summed E-state index contributed by atoms with van der Waals surface area (Å²) < 4.78 is 29.7. The van der Waals surface area contributed by atoms with Crippen molar-refractivity contribution in [2.45, 2.75) is 69.9 Å². The lowest BCUT2D eigenvalue weighted by Gasteiger charge is -2.36. The van der Waals surface area contributed by atoms with Gasteiger partial charge in [0.15, 0.2) is 17.9 Å². The molecule has 3 saturated heterocycles. The number of hydrogen-bond acceptors (Lipinski definition) is 8. The fourth-order valence-corrected chi connectivity index (χ4v) is 3.78. The average molecular weight is 347 g/mol. The molecular weight excluding hydrogens is 318 g/mol. The molecule has 0 amide bonds. The molecule has 3 aliphatic heterocycles. The van der Waals surface area contributed by atoms with Crippen molar-refractivity contribution in [2.75, 3.05) is 32.9 Å². The van der Waals surface area contributed by atoms with Gasteiger partial charge in [-0.3, -0.25) is 4.90 Å². The van der Waals surface area contributed by atoms with E-state index in [1.165, 1.54) is 0 Å². The van der Waals surface area contributed by atoms with Crippen LogP contribution in [0, 0.1) is 0 Å². The predicted octanol–water partition coefficient (Wildman–Crippen LogP) is -0.330. The van der Waals surface area contributed by atoms with E-state index in [4.69, 9.17) is 23.7 Å². The summed E-state index contributed by atoms with van der Waals surface area (Å²) in [4.78, 5) is 1.98. The lowest BCUT2D eigenvalue weighted by Crippen LogP contribution is -2.54. The smallest absolute Gasteiger partial charge is 0.189 e. The number of aliphatic hydroxyl groups excluding tert-OH is 2. The van der Waals surface area contributed by atoms with Crippen molar-refractivity contribution in [3.8, 4) is 0 Å². The molecule has 2 N–H and O–H groups in total. The van der Waals surface area contributed by atoms with Gasteiger partial charge in [0.1, 0.15) is 18.3 Å². The fraction of sp³-hybridized carbons (Fsp3) is 1.00. The standard InChI is InChI=1S/C16H29NO7/c1-15(2)20-9-10(22-15)12-11(17(5-7-18)6-8-19)13-14(21-12)24-16(3,4)23-13/h10-14,18-19H,5-9H2,1-4H3. The van der Waals surface area contributed by atoms with E-state index in [0.29, 0.717) is 19.7 Å². The van der Waals surface area contributed by atoms with Crippen LogP contribution >= 0.6 is 0 Å². The van der Waals surface area contributed by atoms with Crippen molar-refractivity contribution >= 4 is 0 Å². The Morgan fingerprint density at radius 1 is 0.917 bits per heavy atom. The molecule has 0 spiro atoms. The Labute approximate surface area is 142 Å². The molecule has 3 rings (SSSR count). The summed E-state index contributed by atoms with van der Waals surface area (Å²) >= 11 is 0. The molecule has 5 atom stereocenters. The number of hydrogen-bond donors (Lipinski definition) is 2. The van der Waals surface area contributed by atoms with Gasteiger partial charge in [0.25, 0.3) is 0 Å². The first kappa shape index (κ1) is 18.5. The maximum absolute atomic E-state index is 9.41. The van der Waals surface area contributed by atoms with Crippen LogP contribution in [-0.2, 0) is 23.7 Å². The van der Waals surface area contributed by atoms with Crippen LogP contribution in [0.2, 0.25) is 0 Å². The third-order valence-electron chi connectivity index (χ3n) is 4.65. The molecule has 8 nitrogen and oxygen atoms in total. The lowest BCUT2D eigenvalue weighted by molar-refractivity contribution is -0.228. The third kappa shape index (κ3) is 3.61. The number of nitrogens with zero attached hydrogens (tertiary/aromatic N) is 1. The highest BCUT2D eigenvalue weighted by Crippen LogP contribution is 2.42. The molecule has 24 heavy (non-hydrogen) atoms. The maximum atomic E-state index is 9.41. The zero-order valence-corrected chi connectivity index (χ0v) is 14.8. The monoisotopic (exact) mass is 347 g/mol. The van der Waals surface area contributed by atoms with Gasteiger partial charge in [0.2, 0.25) is 0 Å². The van der Waals surface area contributed by atoms with Gasteiger partial charge < -0.3 is 33.9 Å². The van der Waals surface area contributed by atoms with Crippen LogP contribution in [0.15, 0.2) is 0 Å². The minimum atomic E-state index is -0.727. The fourth-order valence-electron chi connectivity index (χ4n) is 3.78. The average Bonchev–Trinajstić information content (AvgIpc) is 3.07. The maximum Gasteiger partial charge on any atom is 0.189 e. The highest BCUT2D eigenvalue weighted by atomic mass is 16.8. The number of ether oxygens (including phenoxy) is 5. The Bertz CT molecular complexity index is 438. The largest absolute Gasteiger partial charge is 0.395 e. The van der Waals surface area contributed by atoms with Crippen molar-refractivity contribution in [3.05, 3.63) is 0 Å². The summed E-state index contributed by atoms with van der Waals surface area (Å²) in [5, 5.41) is 18.8. The van der Waals surface area contributed by atoms with E-state index in [0.717, 1.165) is 0 Å². The molecule has 5 unspecified atom stereocenters. The Morgan fingerprint density at radius 2 is 1.58 bits per heavy atom. The second-order valence-electron chi connectivity index (χ2n) is 7.41. The van der Waals surface area contributed by atoms with E-state index in [9.17, 15) is 10.2 Å². The summed E-state index contributed by atoms with van der Waals surface area (Å²) in [6.07, 6.45) is -1.39. The normalized spacial score (nSPS) is 40.4. The van der Waals surface area contributed by atoms with Crippen LogP contribution in [-0.4, -0.2) is 90.2 Å². The van der Waals surface area contributed by atoms with Crippen LogP contribution in [0.4, 0.5) is 0 Å². The summed E-state index contributed by atoms with van der Waals surface area (Å²) in [5.74, 6) is -1.38. The van der Waals surface area contributed by atoms with E-state index in [1.54, 1.807) is 0 Å². The zero-order valence-electron chi connectivity index (χ0n) is 14.8. The van der Waals surface area contributed by atoms with Crippen molar-refractivity contribution in [3.63, 3.8) is 0 Å². The van der Waals surface area contributed by atoms with Crippen LogP contribution in [0.1, 0.15) is 27.7 Å². The number of rotatable bonds is 6. The summed E-state index contributed by atoms with van der Waals surface area (Å²) in [6, 6.07) is -0.196. The first-order valence-electron chi connectivity index (χ1n) is 8.55. The molecule has 8 heteroatoms. The summed E-state index contributed by atoms with van der Waals surface area (Å²) in [7, 11) is 0. The van der Waals surface area contributed by atoms with E-state index < -0.39 is 17.9 Å². The molecule has 0 radical (unpaired) electrons. The van der Waals surface area contributed by atoms with Gasteiger partial charge in [0.05, 0.1) is 25.9 Å². The van der Waals surface area contributed by atoms with E-state index in [2.05, 4.69) is 0 Å². The van der Waals surface area contributed by atoms with Crippen molar-refractivity contribution < 1.29 is 33.9 Å². The van der Waals surface area contributed by atoms with E-state index >= 15 is 0 Å². The minimum absolute atomic E-state index is 0.0155. The number of fused-ring (bicyclic) bond motifs is 1. The Balaban J connectivity index is 1.82. The van der Waals surface area contributed by atoms with Gasteiger partial charge in [-0.05, 0) is 27.7 Å². The first-order valence-corrected chi connectivity index (χ1v) is 8.55. The third-order valence-corrected chi connectivity index (χ3v) is 4.65. The molecule has 0 aromatic rings. The minimum Gasteiger partial charge on any atom is -0.395 e. The molecule has 140 valence electrons. The first-order chi connectivity index (χ1) is 11.3. The molecule has 0 aromatic carbocycles.